The molecule has 0 saturated heterocycles. The van der Waals surface area contributed by atoms with E-state index < -0.39 is 0 Å². The van der Waals surface area contributed by atoms with E-state index in [4.69, 9.17) is 9.98 Å². The minimum Gasteiger partial charge on any atom is -0.337 e. The first-order valence-corrected chi connectivity index (χ1v) is 9.01. The zero-order valence-corrected chi connectivity index (χ0v) is 14.8. The van der Waals surface area contributed by atoms with E-state index in [1.807, 2.05) is 0 Å². The van der Waals surface area contributed by atoms with Gasteiger partial charge in [-0.05, 0) is 35.0 Å². The van der Waals surface area contributed by atoms with E-state index in [9.17, 15) is 0 Å². The molecule has 2 aliphatic heterocycles. The summed E-state index contributed by atoms with van der Waals surface area (Å²) in [6.07, 6.45) is 0. The van der Waals surface area contributed by atoms with E-state index in [1.54, 1.807) is 0 Å². The van der Waals surface area contributed by atoms with Gasteiger partial charge in [-0.15, -0.1) is 0 Å². The maximum absolute atomic E-state index is 4.95. The summed E-state index contributed by atoms with van der Waals surface area (Å²) in [6.45, 7) is 0. The van der Waals surface area contributed by atoms with Gasteiger partial charge in [-0.1, -0.05) is 48.5 Å². The highest BCUT2D eigenvalue weighted by Gasteiger charge is 2.26. The first-order chi connectivity index (χ1) is 13.3. The molecule has 0 amide bonds. The van der Waals surface area contributed by atoms with Gasteiger partial charge in [0, 0.05) is 23.5 Å². The van der Waals surface area contributed by atoms with Crippen molar-refractivity contribution in [2.75, 3.05) is 17.3 Å². The van der Waals surface area contributed by atoms with Crippen molar-refractivity contribution in [3.63, 3.8) is 0 Å². The molecule has 1 N–H and O–H groups in total. The minimum absolute atomic E-state index is 0.773. The van der Waals surface area contributed by atoms with Crippen LogP contribution in [-0.2, 0) is 0 Å². The first kappa shape index (κ1) is 14.5. The average Bonchev–Trinajstić information content (AvgIpc) is 2.71. The van der Waals surface area contributed by atoms with Crippen molar-refractivity contribution in [1.29, 1.82) is 0 Å². The molecule has 0 fully saturated rings. The molecule has 0 bridgehead atoms. The fraction of sp³-hybridized carbons (Fsp3) is 0.0435. The molecule has 4 aromatic rings. The summed E-state index contributed by atoms with van der Waals surface area (Å²) in [7, 11) is 2.05. The standard InChI is InChI=1S/C23H16N4/c1-27-19-13-5-9-15-8-4-12-18(21(15)19)26-23(27)22-24-16-10-2-6-14-7-3-11-17(25-22)20(14)16/h2-13H,1H3,(H,24,25). The van der Waals surface area contributed by atoms with Crippen LogP contribution in [0.1, 0.15) is 0 Å². The van der Waals surface area contributed by atoms with Crippen molar-refractivity contribution in [3.8, 4) is 0 Å². The van der Waals surface area contributed by atoms with Crippen LogP contribution in [0, 0.1) is 0 Å². The van der Waals surface area contributed by atoms with E-state index in [1.165, 1.54) is 16.2 Å². The largest absolute Gasteiger partial charge is 0.337 e. The lowest BCUT2D eigenvalue weighted by molar-refractivity contribution is 1.25. The second-order valence-corrected chi connectivity index (χ2v) is 6.91. The van der Waals surface area contributed by atoms with Crippen LogP contribution in [-0.4, -0.2) is 18.7 Å². The highest BCUT2D eigenvalue weighted by molar-refractivity contribution is 6.52. The Balaban J connectivity index is 1.58. The van der Waals surface area contributed by atoms with Crippen molar-refractivity contribution in [2.45, 2.75) is 0 Å². The molecule has 2 heterocycles. The normalized spacial score (nSPS) is 14.8. The Hall–Kier alpha value is -3.66. The third kappa shape index (κ3) is 1.98. The lowest BCUT2D eigenvalue weighted by atomic mass is 10.0. The van der Waals surface area contributed by atoms with Gasteiger partial charge in [-0.2, -0.15) is 0 Å². The first-order valence-electron chi connectivity index (χ1n) is 9.01. The highest BCUT2D eigenvalue weighted by Crippen LogP contribution is 2.40. The molecule has 0 unspecified atom stereocenters. The second kappa shape index (κ2) is 5.17. The Kier molecular flexibility index (Phi) is 2.78. The van der Waals surface area contributed by atoms with Gasteiger partial charge in [0.05, 0.1) is 17.1 Å². The number of likely N-dealkylation sites (N-methyl/N-ethyl adjacent to an activating group) is 1. The van der Waals surface area contributed by atoms with Gasteiger partial charge in [0.15, 0.2) is 11.7 Å². The zero-order chi connectivity index (χ0) is 18.0. The van der Waals surface area contributed by atoms with Gasteiger partial charge in [-0.25, -0.2) is 9.98 Å². The molecule has 0 radical (unpaired) electrons. The molecule has 6 rings (SSSR count). The van der Waals surface area contributed by atoms with Crippen LogP contribution < -0.4 is 10.2 Å². The van der Waals surface area contributed by atoms with E-state index in [-0.39, 0.29) is 0 Å². The van der Waals surface area contributed by atoms with Crippen molar-refractivity contribution >= 4 is 56.0 Å². The maximum Gasteiger partial charge on any atom is 0.176 e. The van der Waals surface area contributed by atoms with Crippen molar-refractivity contribution in [1.82, 2.24) is 0 Å². The number of nitrogens with zero attached hydrogens (tertiary/aromatic N) is 3. The summed E-state index contributed by atoms with van der Waals surface area (Å²) in [6, 6.07) is 25.1. The predicted molar refractivity (Wildman–Crippen MR) is 114 cm³/mol. The molecular formula is C23H16N4. The molecule has 0 atom stereocenters. The fourth-order valence-corrected chi connectivity index (χ4v) is 4.09. The maximum atomic E-state index is 4.95. The Morgan fingerprint density at radius 3 is 2.11 bits per heavy atom. The average molecular weight is 348 g/mol. The lowest BCUT2D eigenvalue weighted by Gasteiger charge is -2.30. The van der Waals surface area contributed by atoms with Gasteiger partial charge in [0.25, 0.3) is 0 Å². The fourth-order valence-electron chi connectivity index (χ4n) is 4.09. The van der Waals surface area contributed by atoms with Crippen LogP contribution in [0.25, 0.3) is 21.5 Å². The molecule has 2 aliphatic rings. The summed E-state index contributed by atoms with van der Waals surface area (Å²) >= 11 is 0. The Labute approximate surface area is 156 Å². The third-order valence-corrected chi connectivity index (χ3v) is 5.35. The molecule has 0 aliphatic carbocycles. The summed E-state index contributed by atoms with van der Waals surface area (Å²) < 4.78 is 0. The van der Waals surface area contributed by atoms with Crippen molar-refractivity contribution in [3.05, 3.63) is 72.8 Å². The SMILES string of the molecule is CN1C(C2=Nc3cccc4cccc(c34)N2)=Nc2cccc3cccc1c23. The van der Waals surface area contributed by atoms with Crippen LogP contribution >= 0.6 is 0 Å². The molecule has 4 heteroatoms. The highest BCUT2D eigenvalue weighted by atomic mass is 15.2. The van der Waals surface area contributed by atoms with Gasteiger partial charge in [0.2, 0.25) is 0 Å². The van der Waals surface area contributed by atoms with E-state index in [0.29, 0.717) is 0 Å². The van der Waals surface area contributed by atoms with Gasteiger partial charge in [0.1, 0.15) is 0 Å². The molecule has 128 valence electrons. The van der Waals surface area contributed by atoms with Crippen LogP contribution in [0.5, 0.6) is 0 Å². The van der Waals surface area contributed by atoms with Crippen molar-refractivity contribution in [2.24, 2.45) is 9.98 Å². The third-order valence-electron chi connectivity index (χ3n) is 5.35. The summed E-state index contributed by atoms with van der Waals surface area (Å²) in [5, 5.41) is 8.24. The smallest absolute Gasteiger partial charge is 0.176 e. The number of hydrogen-bond acceptors (Lipinski definition) is 4. The van der Waals surface area contributed by atoms with Crippen LogP contribution in [0.3, 0.4) is 0 Å². The summed E-state index contributed by atoms with van der Waals surface area (Å²) in [5.41, 5.74) is 4.18. The monoisotopic (exact) mass is 348 g/mol. The lowest BCUT2D eigenvalue weighted by Crippen LogP contribution is -2.39. The number of rotatable bonds is 1. The number of aliphatic imine (C=N–C) groups is 2. The Morgan fingerprint density at radius 2 is 1.33 bits per heavy atom. The van der Waals surface area contributed by atoms with E-state index in [2.05, 4.69) is 90.1 Å². The molecule has 0 spiro atoms. The van der Waals surface area contributed by atoms with Crippen LogP contribution in [0.15, 0.2) is 82.8 Å². The van der Waals surface area contributed by atoms with Gasteiger partial charge >= 0.3 is 0 Å². The van der Waals surface area contributed by atoms with E-state index >= 15 is 0 Å². The topological polar surface area (TPSA) is 40.0 Å². The minimum atomic E-state index is 0.773. The molecule has 0 saturated carbocycles. The predicted octanol–water partition coefficient (Wildman–Crippen LogP) is 5.63. The molecular weight excluding hydrogens is 332 g/mol. The Bertz CT molecular complexity index is 1310. The van der Waals surface area contributed by atoms with Crippen molar-refractivity contribution < 1.29 is 0 Å². The second-order valence-electron chi connectivity index (χ2n) is 6.91. The van der Waals surface area contributed by atoms with Crippen LogP contribution in [0.2, 0.25) is 0 Å². The molecule has 4 aromatic carbocycles. The number of hydrogen-bond donors (Lipinski definition) is 1. The van der Waals surface area contributed by atoms with Crippen LogP contribution in [0.4, 0.5) is 22.7 Å². The number of amidine groups is 2. The Morgan fingerprint density at radius 1 is 0.704 bits per heavy atom. The van der Waals surface area contributed by atoms with Gasteiger partial charge in [-0.3, -0.25) is 0 Å². The van der Waals surface area contributed by atoms with E-state index in [0.717, 1.165) is 39.8 Å². The zero-order valence-electron chi connectivity index (χ0n) is 14.8. The molecule has 0 aromatic heterocycles. The molecule has 4 nitrogen and oxygen atoms in total. The number of benzene rings is 4. The quantitative estimate of drug-likeness (QED) is 0.484. The van der Waals surface area contributed by atoms with Gasteiger partial charge < -0.3 is 10.2 Å². The summed E-state index contributed by atoms with van der Waals surface area (Å²) in [4.78, 5) is 12.0. The molecule has 27 heavy (non-hydrogen) atoms. The number of nitrogens with one attached hydrogen (secondary N) is 1. The summed E-state index contributed by atoms with van der Waals surface area (Å²) in [5.74, 6) is 1.60. The number of anilines is 2.